The van der Waals surface area contributed by atoms with Crippen molar-refractivity contribution in [1.29, 1.82) is 0 Å². The van der Waals surface area contributed by atoms with E-state index in [-0.39, 0.29) is 11.7 Å². The quantitative estimate of drug-likeness (QED) is 0.896. The van der Waals surface area contributed by atoms with Crippen LogP contribution in [0.3, 0.4) is 0 Å². The van der Waals surface area contributed by atoms with Gasteiger partial charge in [-0.3, -0.25) is 4.79 Å². The maximum atomic E-state index is 12.6. The first-order valence-corrected chi connectivity index (χ1v) is 7.58. The number of phenols is 1. The number of carbonyl (C=O) groups is 1. The van der Waals surface area contributed by atoms with Crippen molar-refractivity contribution < 1.29 is 9.90 Å². The Bertz CT molecular complexity index is 482. The molecule has 1 heterocycles. The van der Waals surface area contributed by atoms with Crippen LogP contribution in [0.2, 0.25) is 0 Å². The van der Waals surface area contributed by atoms with Gasteiger partial charge in [0, 0.05) is 18.7 Å². The summed E-state index contributed by atoms with van der Waals surface area (Å²) in [5, 5.41) is 9.45. The lowest BCUT2D eigenvalue weighted by molar-refractivity contribution is 0.0758. The molecule has 0 spiro atoms. The molecule has 3 nitrogen and oxygen atoms in total. The molecule has 1 atom stereocenters. The summed E-state index contributed by atoms with van der Waals surface area (Å²) < 4.78 is 0. The van der Waals surface area contributed by atoms with E-state index in [2.05, 4.69) is 13.8 Å². The molecule has 1 amide bonds. The summed E-state index contributed by atoms with van der Waals surface area (Å²) in [7, 11) is 0. The Morgan fingerprint density at radius 3 is 2.70 bits per heavy atom. The molecular formula is C17H25NO2. The molecule has 1 N–H and O–H groups in total. The molecule has 110 valence electrons. The largest absolute Gasteiger partial charge is 0.508 e. The zero-order chi connectivity index (χ0) is 14.7. The number of carbonyl (C=O) groups excluding carboxylic acids is 1. The van der Waals surface area contributed by atoms with Crippen LogP contribution in [0.25, 0.3) is 0 Å². The third-order valence-corrected chi connectivity index (χ3v) is 4.44. The summed E-state index contributed by atoms with van der Waals surface area (Å²) >= 11 is 0. The van der Waals surface area contributed by atoms with Gasteiger partial charge in [-0.05, 0) is 61.8 Å². The van der Waals surface area contributed by atoms with Gasteiger partial charge in [0.25, 0.3) is 5.91 Å². The maximum absolute atomic E-state index is 12.6. The predicted octanol–water partition coefficient (Wildman–Crippen LogP) is 3.60. The van der Waals surface area contributed by atoms with Crippen LogP contribution in [0.15, 0.2) is 18.2 Å². The summed E-state index contributed by atoms with van der Waals surface area (Å²) in [5.41, 5.74) is 1.56. The molecule has 2 rings (SSSR count). The topological polar surface area (TPSA) is 40.5 Å². The van der Waals surface area contributed by atoms with E-state index in [9.17, 15) is 9.90 Å². The number of benzene rings is 1. The van der Waals surface area contributed by atoms with Gasteiger partial charge in [0.15, 0.2) is 0 Å². The van der Waals surface area contributed by atoms with Gasteiger partial charge in [0.2, 0.25) is 0 Å². The summed E-state index contributed by atoms with van der Waals surface area (Å²) in [6.07, 6.45) is 3.41. The molecule has 0 aromatic heterocycles. The zero-order valence-corrected chi connectivity index (χ0v) is 12.7. The molecule has 0 bridgehead atoms. The van der Waals surface area contributed by atoms with Crippen LogP contribution in [0, 0.1) is 18.8 Å². The molecule has 1 aromatic rings. The second kappa shape index (κ2) is 6.29. The predicted molar refractivity (Wildman–Crippen MR) is 80.9 cm³/mol. The van der Waals surface area contributed by atoms with Crippen molar-refractivity contribution >= 4 is 5.91 Å². The average molecular weight is 275 g/mol. The fraction of sp³-hybridized carbons (Fsp3) is 0.588. The van der Waals surface area contributed by atoms with Gasteiger partial charge in [-0.25, -0.2) is 0 Å². The van der Waals surface area contributed by atoms with Crippen molar-refractivity contribution in [3.8, 4) is 5.75 Å². The molecule has 0 radical (unpaired) electrons. The fourth-order valence-electron chi connectivity index (χ4n) is 3.05. The minimum absolute atomic E-state index is 0.104. The minimum Gasteiger partial charge on any atom is -0.508 e. The van der Waals surface area contributed by atoms with Crippen LogP contribution >= 0.6 is 0 Å². The normalized spacial score (nSPS) is 20.0. The molecule has 1 unspecified atom stereocenters. The van der Waals surface area contributed by atoms with E-state index in [1.165, 1.54) is 6.42 Å². The van der Waals surface area contributed by atoms with Gasteiger partial charge < -0.3 is 10.0 Å². The zero-order valence-electron chi connectivity index (χ0n) is 12.7. The molecule has 1 aliphatic rings. The lowest BCUT2D eigenvalue weighted by Gasteiger charge is -2.22. The summed E-state index contributed by atoms with van der Waals surface area (Å²) in [4.78, 5) is 14.6. The van der Waals surface area contributed by atoms with Gasteiger partial charge in [-0.1, -0.05) is 13.8 Å². The Morgan fingerprint density at radius 1 is 1.30 bits per heavy atom. The van der Waals surface area contributed by atoms with Crippen molar-refractivity contribution in [3.63, 3.8) is 0 Å². The number of rotatable bonds is 2. The minimum atomic E-state index is 0.104. The number of aryl methyl sites for hydroxylation is 1. The lowest BCUT2D eigenvalue weighted by atomic mass is 9.89. The van der Waals surface area contributed by atoms with Crippen LogP contribution in [-0.4, -0.2) is 29.0 Å². The van der Waals surface area contributed by atoms with Gasteiger partial charge >= 0.3 is 0 Å². The van der Waals surface area contributed by atoms with Crippen LogP contribution in [-0.2, 0) is 0 Å². The Hall–Kier alpha value is -1.51. The van der Waals surface area contributed by atoms with Crippen LogP contribution < -0.4 is 0 Å². The third-order valence-electron chi connectivity index (χ3n) is 4.44. The second-order valence-corrected chi connectivity index (χ2v) is 6.23. The third kappa shape index (κ3) is 3.33. The molecule has 1 aliphatic heterocycles. The van der Waals surface area contributed by atoms with Crippen LogP contribution in [0.4, 0.5) is 0 Å². The molecule has 1 aromatic carbocycles. The maximum Gasteiger partial charge on any atom is 0.254 e. The first kappa shape index (κ1) is 14.9. The van der Waals surface area contributed by atoms with E-state index < -0.39 is 0 Å². The molecule has 0 saturated carbocycles. The van der Waals surface area contributed by atoms with Crippen LogP contribution in [0.1, 0.15) is 49.0 Å². The van der Waals surface area contributed by atoms with Gasteiger partial charge in [0.05, 0.1) is 0 Å². The molecule has 1 fully saturated rings. The Balaban J connectivity index is 2.09. The number of aromatic hydroxyl groups is 1. The number of hydrogen-bond acceptors (Lipinski definition) is 2. The Morgan fingerprint density at radius 2 is 2.05 bits per heavy atom. The highest BCUT2D eigenvalue weighted by molar-refractivity contribution is 5.95. The average Bonchev–Trinajstić information content (AvgIpc) is 2.63. The van der Waals surface area contributed by atoms with E-state index in [4.69, 9.17) is 0 Å². The van der Waals surface area contributed by atoms with E-state index in [1.807, 2.05) is 11.8 Å². The number of amides is 1. The SMILES string of the molecule is Cc1cc(O)ccc1C(=O)N1CCCC(C(C)C)CC1. The van der Waals surface area contributed by atoms with E-state index in [1.54, 1.807) is 18.2 Å². The fourth-order valence-corrected chi connectivity index (χ4v) is 3.05. The molecule has 0 aliphatic carbocycles. The van der Waals surface area contributed by atoms with Crippen molar-refractivity contribution in [2.24, 2.45) is 11.8 Å². The smallest absolute Gasteiger partial charge is 0.254 e. The first-order chi connectivity index (χ1) is 9.49. The summed E-state index contributed by atoms with van der Waals surface area (Å²) in [6, 6.07) is 4.98. The van der Waals surface area contributed by atoms with E-state index in [0.717, 1.165) is 37.4 Å². The number of phenolic OH excluding ortho intramolecular Hbond substituents is 1. The summed E-state index contributed by atoms with van der Waals surface area (Å²) in [5.74, 6) is 1.75. The number of likely N-dealkylation sites (tertiary alicyclic amines) is 1. The monoisotopic (exact) mass is 275 g/mol. The van der Waals surface area contributed by atoms with Gasteiger partial charge in [0.1, 0.15) is 5.75 Å². The summed E-state index contributed by atoms with van der Waals surface area (Å²) in [6.45, 7) is 8.12. The number of nitrogens with zero attached hydrogens (tertiary/aromatic N) is 1. The Labute approximate surface area is 121 Å². The second-order valence-electron chi connectivity index (χ2n) is 6.23. The van der Waals surface area contributed by atoms with E-state index >= 15 is 0 Å². The van der Waals surface area contributed by atoms with Crippen molar-refractivity contribution in [2.45, 2.75) is 40.0 Å². The van der Waals surface area contributed by atoms with Crippen molar-refractivity contribution in [1.82, 2.24) is 4.90 Å². The highest BCUT2D eigenvalue weighted by atomic mass is 16.3. The van der Waals surface area contributed by atoms with Gasteiger partial charge in [-0.15, -0.1) is 0 Å². The molecule has 3 heteroatoms. The molecule has 20 heavy (non-hydrogen) atoms. The lowest BCUT2D eigenvalue weighted by Crippen LogP contribution is -2.32. The van der Waals surface area contributed by atoms with E-state index in [0.29, 0.717) is 11.5 Å². The first-order valence-electron chi connectivity index (χ1n) is 7.58. The highest BCUT2D eigenvalue weighted by Gasteiger charge is 2.23. The molecular weight excluding hydrogens is 250 g/mol. The standard InChI is InChI=1S/C17H25NO2/c1-12(2)14-5-4-9-18(10-8-14)17(20)16-7-6-15(19)11-13(16)3/h6-7,11-12,14,19H,4-5,8-10H2,1-3H3. The Kier molecular flexibility index (Phi) is 4.69. The van der Waals surface area contributed by atoms with Crippen LogP contribution in [0.5, 0.6) is 5.75 Å². The number of hydrogen-bond donors (Lipinski definition) is 1. The van der Waals surface area contributed by atoms with Gasteiger partial charge in [-0.2, -0.15) is 0 Å². The van der Waals surface area contributed by atoms with Crippen molar-refractivity contribution in [2.75, 3.05) is 13.1 Å². The highest BCUT2D eigenvalue weighted by Crippen LogP contribution is 2.26. The molecule has 1 saturated heterocycles. The van der Waals surface area contributed by atoms with Crippen molar-refractivity contribution in [3.05, 3.63) is 29.3 Å².